The van der Waals surface area contributed by atoms with Crippen LogP contribution in [0.2, 0.25) is 0 Å². The Kier molecular flexibility index (Phi) is 4.10. The number of aromatic amines is 1. The number of rotatable bonds is 5. The molecule has 0 aliphatic heterocycles. The number of aromatic nitrogens is 2. The summed E-state index contributed by atoms with van der Waals surface area (Å²) in [4.78, 5) is 7.33. The highest BCUT2D eigenvalue weighted by Gasteiger charge is 2.04. The zero-order valence-corrected chi connectivity index (χ0v) is 10.7. The van der Waals surface area contributed by atoms with E-state index >= 15 is 0 Å². The van der Waals surface area contributed by atoms with Crippen molar-refractivity contribution in [3.05, 3.63) is 53.4 Å². The van der Waals surface area contributed by atoms with Gasteiger partial charge < -0.3 is 10.3 Å². The second-order valence-corrected chi connectivity index (χ2v) is 4.61. The molecule has 1 atom stereocenters. The van der Waals surface area contributed by atoms with Crippen LogP contribution in [-0.2, 0) is 13.0 Å². The molecule has 1 unspecified atom stereocenters. The molecule has 2 aromatic rings. The van der Waals surface area contributed by atoms with Gasteiger partial charge in [0.2, 0.25) is 0 Å². The third kappa shape index (κ3) is 3.67. The Balaban J connectivity index is 1.81. The number of hydrogen-bond donors (Lipinski definition) is 2. The molecule has 0 saturated heterocycles. The van der Waals surface area contributed by atoms with Gasteiger partial charge in [-0.2, -0.15) is 0 Å². The summed E-state index contributed by atoms with van der Waals surface area (Å²) in [6.07, 6.45) is 2.72. The molecule has 4 heteroatoms. The Hall–Kier alpha value is -1.68. The summed E-state index contributed by atoms with van der Waals surface area (Å²) in [5.74, 6) is 0.741. The number of nitrogens with zero attached hydrogens (tertiary/aromatic N) is 1. The summed E-state index contributed by atoms with van der Waals surface area (Å²) in [5.41, 5.74) is 2.22. The average Bonchev–Trinajstić information content (AvgIpc) is 2.76. The molecule has 1 aromatic heterocycles. The highest BCUT2D eigenvalue weighted by atomic mass is 19.1. The number of imidazole rings is 1. The SMILES string of the molecule is Cc1ncc(CNC(C)Cc2ccc(F)cc2)[nH]1. The maximum absolute atomic E-state index is 12.8. The van der Waals surface area contributed by atoms with Gasteiger partial charge >= 0.3 is 0 Å². The molecule has 2 N–H and O–H groups in total. The van der Waals surface area contributed by atoms with Gasteiger partial charge in [-0.05, 0) is 38.0 Å². The van der Waals surface area contributed by atoms with E-state index in [0.717, 1.165) is 30.0 Å². The zero-order valence-electron chi connectivity index (χ0n) is 10.7. The molecule has 0 fully saturated rings. The molecule has 3 nitrogen and oxygen atoms in total. The maximum Gasteiger partial charge on any atom is 0.123 e. The van der Waals surface area contributed by atoms with E-state index in [-0.39, 0.29) is 5.82 Å². The smallest absolute Gasteiger partial charge is 0.123 e. The van der Waals surface area contributed by atoms with Gasteiger partial charge in [-0.1, -0.05) is 12.1 Å². The van der Waals surface area contributed by atoms with Crippen molar-refractivity contribution in [1.82, 2.24) is 15.3 Å². The Labute approximate surface area is 106 Å². The lowest BCUT2D eigenvalue weighted by molar-refractivity contribution is 0.540. The van der Waals surface area contributed by atoms with Gasteiger partial charge in [-0.15, -0.1) is 0 Å². The van der Waals surface area contributed by atoms with Crippen LogP contribution in [0.4, 0.5) is 4.39 Å². The van der Waals surface area contributed by atoms with E-state index in [1.807, 2.05) is 25.3 Å². The summed E-state index contributed by atoms with van der Waals surface area (Å²) in [6.45, 7) is 4.82. The van der Waals surface area contributed by atoms with Crippen molar-refractivity contribution in [3.8, 4) is 0 Å². The number of nitrogens with one attached hydrogen (secondary N) is 2. The van der Waals surface area contributed by atoms with Gasteiger partial charge in [0.05, 0.1) is 0 Å². The van der Waals surface area contributed by atoms with Crippen molar-refractivity contribution in [2.24, 2.45) is 0 Å². The minimum absolute atomic E-state index is 0.188. The van der Waals surface area contributed by atoms with Crippen LogP contribution in [0.25, 0.3) is 0 Å². The lowest BCUT2D eigenvalue weighted by Crippen LogP contribution is -2.27. The lowest BCUT2D eigenvalue weighted by atomic mass is 10.1. The number of benzene rings is 1. The van der Waals surface area contributed by atoms with Crippen LogP contribution in [0, 0.1) is 12.7 Å². The molecule has 2 rings (SSSR count). The van der Waals surface area contributed by atoms with E-state index in [1.54, 1.807) is 0 Å². The van der Waals surface area contributed by atoms with E-state index in [2.05, 4.69) is 22.2 Å². The van der Waals surface area contributed by atoms with E-state index in [1.165, 1.54) is 12.1 Å². The van der Waals surface area contributed by atoms with Crippen LogP contribution in [0.5, 0.6) is 0 Å². The van der Waals surface area contributed by atoms with E-state index in [4.69, 9.17) is 0 Å². The van der Waals surface area contributed by atoms with Crippen molar-refractivity contribution in [1.29, 1.82) is 0 Å². The highest BCUT2D eigenvalue weighted by molar-refractivity contribution is 5.17. The first-order valence-corrected chi connectivity index (χ1v) is 6.12. The topological polar surface area (TPSA) is 40.7 Å². The van der Waals surface area contributed by atoms with Crippen LogP contribution < -0.4 is 5.32 Å². The molecule has 0 saturated carbocycles. The van der Waals surface area contributed by atoms with Gasteiger partial charge in [0.25, 0.3) is 0 Å². The molecular formula is C14H18FN3. The molecule has 1 heterocycles. The van der Waals surface area contributed by atoms with Crippen molar-refractivity contribution in [2.45, 2.75) is 32.9 Å². The van der Waals surface area contributed by atoms with Crippen LogP contribution in [0.1, 0.15) is 24.0 Å². The second kappa shape index (κ2) is 5.78. The Bertz CT molecular complexity index is 490. The third-order valence-corrected chi connectivity index (χ3v) is 2.85. The molecule has 0 aliphatic rings. The minimum Gasteiger partial charge on any atom is -0.345 e. The molecule has 0 spiro atoms. The van der Waals surface area contributed by atoms with Gasteiger partial charge in [0.15, 0.2) is 0 Å². The fraction of sp³-hybridized carbons (Fsp3) is 0.357. The van der Waals surface area contributed by atoms with Crippen LogP contribution in [-0.4, -0.2) is 16.0 Å². The third-order valence-electron chi connectivity index (χ3n) is 2.85. The second-order valence-electron chi connectivity index (χ2n) is 4.61. The monoisotopic (exact) mass is 247 g/mol. The van der Waals surface area contributed by atoms with Gasteiger partial charge in [0.1, 0.15) is 11.6 Å². The number of hydrogen-bond acceptors (Lipinski definition) is 2. The molecule has 0 bridgehead atoms. The van der Waals surface area contributed by atoms with Crippen LogP contribution >= 0.6 is 0 Å². The van der Waals surface area contributed by atoms with Gasteiger partial charge in [0, 0.05) is 24.5 Å². The highest BCUT2D eigenvalue weighted by Crippen LogP contribution is 2.06. The van der Waals surface area contributed by atoms with E-state index in [9.17, 15) is 4.39 Å². The Morgan fingerprint density at radius 1 is 1.33 bits per heavy atom. The molecular weight excluding hydrogens is 229 g/mol. The molecule has 0 amide bonds. The Morgan fingerprint density at radius 3 is 2.67 bits per heavy atom. The maximum atomic E-state index is 12.8. The number of H-pyrrole nitrogens is 1. The first kappa shape index (κ1) is 12.8. The summed E-state index contributed by atoms with van der Waals surface area (Å²) in [7, 11) is 0. The minimum atomic E-state index is -0.188. The predicted molar refractivity (Wildman–Crippen MR) is 69.7 cm³/mol. The molecule has 0 radical (unpaired) electrons. The zero-order chi connectivity index (χ0) is 13.0. The van der Waals surface area contributed by atoms with Crippen molar-refractivity contribution in [2.75, 3.05) is 0 Å². The summed E-state index contributed by atoms with van der Waals surface area (Å²) in [6, 6.07) is 6.99. The average molecular weight is 247 g/mol. The first-order chi connectivity index (χ1) is 8.63. The summed E-state index contributed by atoms with van der Waals surface area (Å²) >= 11 is 0. The van der Waals surface area contributed by atoms with Crippen LogP contribution in [0.3, 0.4) is 0 Å². The first-order valence-electron chi connectivity index (χ1n) is 6.12. The van der Waals surface area contributed by atoms with Gasteiger partial charge in [-0.25, -0.2) is 9.37 Å². The largest absolute Gasteiger partial charge is 0.345 e. The van der Waals surface area contributed by atoms with E-state index in [0.29, 0.717) is 6.04 Å². The standard InChI is InChI=1S/C14H18FN3/c1-10(7-12-3-5-13(15)6-4-12)16-8-14-9-17-11(2)18-14/h3-6,9-10,16H,7-8H2,1-2H3,(H,17,18). The van der Waals surface area contributed by atoms with Crippen molar-refractivity contribution in [3.63, 3.8) is 0 Å². The quantitative estimate of drug-likeness (QED) is 0.852. The Morgan fingerprint density at radius 2 is 2.06 bits per heavy atom. The van der Waals surface area contributed by atoms with E-state index < -0.39 is 0 Å². The van der Waals surface area contributed by atoms with Crippen LogP contribution in [0.15, 0.2) is 30.5 Å². The fourth-order valence-corrected chi connectivity index (χ4v) is 1.89. The van der Waals surface area contributed by atoms with Crippen molar-refractivity contribution >= 4 is 0 Å². The molecule has 1 aromatic carbocycles. The molecule has 0 aliphatic carbocycles. The lowest BCUT2D eigenvalue weighted by Gasteiger charge is -2.13. The molecule has 18 heavy (non-hydrogen) atoms. The number of aryl methyl sites for hydroxylation is 1. The summed E-state index contributed by atoms with van der Waals surface area (Å²) < 4.78 is 12.8. The predicted octanol–water partition coefficient (Wildman–Crippen LogP) is 2.58. The number of halogens is 1. The fourth-order valence-electron chi connectivity index (χ4n) is 1.89. The van der Waals surface area contributed by atoms with Gasteiger partial charge in [-0.3, -0.25) is 0 Å². The molecule has 96 valence electrons. The summed E-state index contributed by atoms with van der Waals surface area (Å²) in [5, 5.41) is 3.41. The normalized spacial score (nSPS) is 12.6. The van der Waals surface area contributed by atoms with Crippen molar-refractivity contribution < 1.29 is 4.39 Å².